The fourth-order valence-electron chi connectivity index (χ4n) is 4.14. The van der Waals surface area contributed by atoms with Gasteiger partial charge < -0.3 is 31.5 Å². The van der Waals surface area contributed by atoms with Gasteiger partial charge in [-0.25, -0.2) is 15.0 Å². The Morgan fingerprint density at radius 2 is 1.88 bits per heavy atom. The van der Waals surface area contributed by atoms with E-state index in [1.165, 1.54) is 17.2 Å². The molecule has 11 heteroatoms. The first-order valence-electron chi connectivity index (χ1n) is 10.3. The standard InChI is InChI=1S/C21H26N6O5/c22-13(21(30)31)7-6-12(11-4-2-1-3-5-11)8-14-16(28)17(29)20(32-14)27-10-26-15-18(23)24-9-25-19(15)27/h1-5,9-10,12-14,16-17,20,28-29H,6-8,22H2,(H,30,31)(H2,23,24,25)/t12-,13-,14+,16+,17+,20+/m0/s1. The van der Waals surface area contributed by atoms with Gasteiger partial charge in [0.05, 0.1) is 12.4 Å². The van der Waals surface area contributed by atoms with Crippen molar-refractivity contribution in [2.75, 3.05) is 5.73 Å². The second-order valence-electron chi connectivity index (χ2n) is 7.99. The number of carboxylic acids is 1. The summed E-state index contributed by atoms with van der Waals surface area (Å²) >= 11 is 0. The molecule has 0 amide bonds. The fraction of sp³-hybridized carbons (Fsp3) is 0.429. The van der Waals surface area contributed by atoms with Crippen LogP contribution in [0, 0.1) is 0 Å². The highest BCUT2D eigenvalue weighted by atomic mass is 16.6. The van der Waals surface area contributed by atoms with Crippen molar-refractivity contribution in [3.05, 3.63) is 48.5 Å². The number of nitrogen functional groups attached to an aromatic ring is 1. The Hall–Kier alpha value is -3.12. The number of carbonyl (C=O) groups is 1. The zero-order valence-electron chi connectivity index (χ0n) is 17.2. The van der Waals surface area contributed by atoms with Crippen LogP contribution in [-0.2, 0) is 9.53 Å². The van der Waals surface area contributed by atoms with Crippen molar-refractivity contribution in [2.45, 2.75) is 55.8 Å². The molecule has 1 fully saturated rings. The number of benzene rings is 1. The highest BCUT2D eigenvalue weighted by molar-refractivity contribution is 5.81. The number of hydrogen-bond donors (Lipinski definition) is 5. The minimum absolute atomic E-state index is 0.121. The summed E-state index contributed by atoms with van der Waals surface area (Å²) in [6, 6.07) is 8.58. The molecule has 3 heterocycles. The molecule has 4 rings (SSSR count). The number of ether oxygens (including phenoxy) is 1. The molecular formula is C21H26N6O5. The number of hydrogen-bond acceptors (Lipinski definition) is 9. The Kier molecular flexibility index (Phi) is 6.33. The number of carboxylic acid groups (broad SMARTS) is 1. The molecule has 11 nitrogen and oxygen atoms in total. The van der Waals surface area contributed by atoms with Gasteiger partial charge >= 0.3 is 5.97 Å². The number of anilines is 1. The number of fused-ring (bicyclic) bond motifs is 1. The number of nitrogens with zero attached hydrogens (tertiary/aromatic N) is 4. The summed E-state index contributed by atoms with van der Waals surface area (Å²) in [6.45, 7) is 0. The van der Waals surface area contributed by atoms with Gasteiger partial charge in [0.1, 0.15) is 30.1 Å². The molecule has 0 saturated carbocycles. The van der Waals surface area contributed by atoms with E-state index in [2.05, 4.69) is 15.0 Å². The lowest BCUT2D eigenvalue weighted by molar-refractivity contribution is -0.138. The van der Waals surface area contributed by atoms with E-state index in [0.717, 1.165) is 5.56 Å². The Bertz CT molecular complexity index is 1080. The van der Waals surface area contributed by atoms with Crippen LogP contribution in [0.1, 0.15) is 37.0 Å². The van der Waals surface area contributed by atoms with Gasteiger partial charge in [-0.2, -0.15) is 0 Å². The first kappa shape index (κ1) is 22.1. The number of aromatic nitrogens is 4. The molecule has 0 aliphatic carbocycles. The van der Waals surface area contributed by atoms with Crippen molar-refractivity contribution in [3.8, 4) is 0 Å². The first-order valence-corrected chi connectivity index (χ1v) is 10.3. The fourth-order valence-corrected chi connectivity index (χ4v) is 4.14. The highest BCUT2D eigenvalue weighted by Gasteiger charge is 2.45. The van der Waals surface area contributed by atoms with Gasteiger partial charge in [-0.15, -0.1) is 0 Å². The zero-order chi connectivity index (χ0) is 22.8. The summed E-state index contributed by atoms with van der Waals surface area (Å²) in [5.41, 5.74) is 13.3. The van der Waals surface area contributed by atoms with Gasteiger partial charge in [0.2, 0.25) is 0 Å². The zero-order valence-corrected chi connectivity index (χ0v) is 17.2. The lowest BCUT2D eigenvalue weighted by atomic mass is 9.86. The van der Waals surface area contributed by atoms with Crippen LogP contribution < -0.4 is 11.5 Å². The monoisotopic (exact) mass is 442 g/mol. The number of aliphatic hydroxyl groups excluding tert-OH is 2. The molecule has 0 radical (unpaired) electrons. The van der Waals surface area contributed by atoms with Crippen molar-refractivity contribution < 1.29 is 24.9 Å². The van der Waals surface area contributed by atoms with Gasteiger partial charge in [-0.1, -0.05) is 30.3 Å². The van der Waals surface area contributed by atoms with Gasteiger partial charge in [-0.05, 0) is 30.7 Å². The molecule has 1 aliphatic heterocycles. The normalized spacial score (nSPS) is 25.1. The van der Waals surface area contributed by atoms with Crippen LogP contribution in [0.5, 0.6) is 0 Å². The molecule has 0 spiro atoms. The van der Waals surface area contributed by atoms with E-state index in [4.69, 9.17) is 21.3 Å². The maximum atomic E-state index is 11.1. The van der Waals surface area contributed by atoms with E-state index in [-0.39, 0.29) is 18.2 Å². The molecule has 3 aromatic rings. The van der Waals surface area contributed by atoms with Gasteiger partial charge in [0.25, 0.3) is 0 Å². The third-order valence-corrected chi connectivity index (χ3v) is 5.93. The molecular weight excluding hydrogens is 416 g/mol. The summed E-state index contributed by atoms with van der Waals surface area (Å²) in [5, 5.41) is 30.6. The molecule has 7 N–H and O–H groups in total. The third kappa shape index (κ3) is 4.28. The predicted molar refractivity (Wildman–Crippen MR) is 114 cm³/mol. The minimum Gasteiger partial charge on any atom is -0.480 e. The molecule has 1 aliphatic rings. The van der Waals surface area contributed by atoms with E-state index in [0.29, 0.717) is 24.0 Å². The Morgan fingerprint density at radius 1 is 1.12 bits per heavy atom. The first-order chi connectivity index (χ1) is 15.4. The summed E-state index contributed by atoms with van der Waals surface area (Å²) in [4.78, 5) is 23.4. The van der Waals surface area contributed by atoms with Crippen LogP contribution in [0.2, 0.25) is 0 Å². The Morgan fingerprint density at radius 3 is 2.59 bits per heavy atom. The van der Waals surface area contributed by atoms with E-state index < -0.39 is 36.6 Å². The van der Waals surface area contributed by atoms with Crippen LogP contribution in [-0.4, -0.2) is 65.2 Å². The average molecular weight is 442 g/mol. The molecule has 0 bridgehead atoms. The summed E-state index contributed by atoms with van der Waals surface area (Å²) in [5.74, 6) is -0.973. The Labute approximate surface area is 183 Å². The van der Waals surface area contributed by atoms with Crippen molar-refractivity contribution in [1.82, 2.24) is 19.5 Å². The number of imidazole rings is 1. The van der Waals surface area contributed by atoms with Crippen molar-refractivity contribution >= 4 is 23.0 Å². The van der Waals surface area contributed by atoms with E-state index >= 15 is 0 Å². The smallest absolute Gasteiger partial charge is 0.320 e. The summed E-state index contributed by atoms with van der Waals surface area (Å²) < 4.78 is 7.59. The van der Waals surface area contributed by atoms with E-state index in [1.807, 2.05) is 30.3 Å². The molecule has 170 valence electrons. The second kappa shape index (κ2) is 9.17. The number of aliphatic hydroxyl groups is 2. The molecule has 0 unspecified atom stereocenters. The van der Waals surface area contributed by atoms with Gasteiger partial charge in [0, 0.05) is 0 Å². The highest BCUT2D eigenvalue weighted by Crippen LogP contribution is 2.37. The van der Waals surface area contributed by atoms with Crippen molar-refractivity contribution in [3.63, 3.8) is 0 Å². The quantitative estimate of drug-likeness (QED) is 0.327. The lowest BCUT2D eigenvalue weighted by Crippen LogP contribution is -2.33. The van der Waals surface area contributed by atoms with Gasteiger partial charge in [-0.3, -0.25) is 9.36 Å². The second-order valence-corrected chi connectivity index (χ2v) is 7.99. The Balaban J connectivity index is 1.55. The van der Waals surface area contributed by atoms with Crippen LogP contribution in [0.15, 0.2) is 43.0 Å². The largest absolute Gasteiger partial charge is 0.480 e. The van der Waals surface area contributed by atoms with Crippen LogP contribution in [0.25, 0.3) is 11.2 Å². The lowest BCUT2D eigenvalue weighted by Gasteiger charge is -2.23. The maximum absolute atomic E-state index is 11.1. The number of aliphatic carboxylic acids is 1. The number of rotatable bonds is 8. The van der Waals surface area contributed by atoms with Crippen LogP contribution in [0.4, 0.5) is 5.82 Å². The van der Waals surface area contributed by atoms with Crippen molar-refractivity contribution in [2.24, 2.45) is 5.73 Å². The topological polar surface area (TPSA) is 183 Å². The molecule has 2 aromatic heterocycles. The minimum atomic E-state index is -1.22. The third-order valence-electron chi connectivity index (χ3n) is 5.93. The molecule has 1 saturated heterocycles. The van der Waals surface area contributed by atoms with Gasteiger partial charge in [0.15, 0.2) is 17.7 Å². The molecule has 6 atom stereocenters. The average Bonchev–Trinajstić information content (AvgIpc) is 3.34. The molecule has 1 aromatic carbocycles. The van der Waals surface area contributed by atoms with Crippen molar-refractivity contribution in [1.29, 1.82) is 0 Å². The van der Waals surface area contributed by atoms with E-state index in [1.54, 1.807) is 0 Å². The molecule has 32 heavy (non-hydrogen) atoms. The summed E-state index contributed by atoms with van der Waals surface area (Å²) in [6.07, 6.45) is -0.113. The van der Waals surface area contributed by atoms with Crippen LogP contribution >= 0.6 is 0 Å². The predicted octanol–water partition coefficient (Wildman–Crippen LogP) is 0.394. The SMILES string of the molecule is Nc1ncnc2c1ncn2[C@@H]1O[C@H](C[C@H](CC[C@H](N)C(=O)O)c2ccccc2)[C@@H](O)[C@H]1O. The van der Waals surface area contributed by atoms with E-state index in [9.17, 15) is 15.0 Å². The maximum Gasteiger partial charge on any atom is 0.320 e. The van der Waals surface area contributed by atoms with Crippen LogP contribution in [0.3, 0.4) is 0 Å². The number of nitrogens with two attached hydrogens (primary N) is 2. The summed E-state index contributed by atoms with van der Waals surface area (Å²) in [7, 11) is 0.